The van der Waals surface area contributed by atoms with Crippen LogP contribution in [0.1, 0.15) is 30.5 Å². The Morgan fingerprint density at radius 3 is 2.28 bits per heavy atom. The molecule has 0 saturated carbocycles. The molecule has 0 radical (unpaired) electrons. The second-order valence-electron chi connectivity index (χ2n) is 5.46. The molecule has 1 N–H and O–H groups in total. The third-order valence-electron chi connectivity index (χ3n) is 3.86. The molecule has 2 rings (SSSR count). The number of hydrogen-bond acceptors (Lipinski definition) is 2. The first-order valence-electron chi connectivity index (χ1n) is 7.99. The van der Waals surface area contributed by atoms with Gasteiger partial charge in [-0.15, -0.1) is 0 Å². The normalized spacial score (nSPS) is 11.1. The van der Waals surface area contributed by atoms with Crippen LogP contribution in [0, 0.1) is 23.0 Å². The number of anilines is 1. The van der Waals surface area contributed by atoms with Crippen molar-refractivity contribution in [1.29, 1.82) is 5.26 Å². The number of carbonyl (C=O) groups excluding carboxylic acids is 1. The number of nitrogens with zero attached hydrogens (tertiary/aromatic N) is 1. The molecule has 0 bridgehead atoms. The number of benzene rings is 2. The van der Waals surface area contributed by atoms with Gasteiger partial charge in [-0.1, -0.05) is 38.1 Å². The Balaban J connectivity index is 2.34. The zero-order valence-electron chi connectivity index (χ0n) is 14.1. The maximum absolute atomic E-state index is 13.3. The largest absolute Gasteiger partial charge is 0.321 e. The number of para-hydroxylation sites is 1. The predicted molar refractivity (Wildman–Crippen MR) is 93.8 cm³/mol. The lowest BCUT2D eigenvalue weighted by Crippen LogP contribution is -2.16. The van der Waals surface area contributed by atoms with Crippen LogP contribution in [0.25, 0.3) is 6.08 Å². The van der Waals surface area contributed by atoms with E-state index in [1.54, 1.807) is 0 Å². The van der Waals surface area contributed by atoms with Gasteiger partial charge in [0.2, 0.25) is 0 Å². The number of nitriles is 1. The summed E-state index contributed by atoms with van der Waals surface area (Å²) in [6, 6.07) is 10.8. The SMILES string of the molecule is CCc1cccc(CC)c1NC(=O)/C(C#N)=C/c1ccc(F)c(F)c1. The molecule has 0 atom stereocenters. The summed E-state index contributed by atoms with van der Waals surface area (Å²) in [6.45, 7) is 3.96. The van der Waals surface area contributed by atoms with Crippen LogP contribution < -0.4 is 5.32 Å². The lowest BCUT2D eigenvalue weighted by atomic mass is 10.0. The van der Waals surface area contributed by atoms with Crippen LogP contribution >= 0.6 is 0 Å². The van der Waals surface area contributed by atoms with Crippen LogP contribution in [-0.2, 0) is 17.6 Å². The van der Waals surface area contributed by atoms with E-state index < -0.39 is 17.5 Å². The average molecular weight is 340 g/mol. The predicted octanol–water partition coefficient (Wildman–Crippen LogP) is 4.64. The minimum absolute atomic E-state index is 0.182. The molecule has 25 heavy (non-hydrogen) atoms. The second-order valence-corrected chi connectivity index (χ2v) is 5.46. The lowest BCUT2D eigenvalue weighted by Gasteiger charge is -2.14. The summed E-state index contributed by atoms with van der Waals surface area (Å²) in [5.41, 5.74) is 2.70. The first-order chi connectivity index (χ1) is 12.0. The molecule has 0 aliphatic carbocycles. The van der Waals surface area contributed by atoms with Gasteiger partial charge in [0, 0.05) is 5.69 Å². The van der Waals surface area contributed by atoms with Crippen molar-refractivity contribution in [3.63, 3.8) is 0 Å². The van der Waals surface area contributed by atoms with Crippen molar-refractivity contribution in [2.24, 2.45) is 0 Å². The molecule has 1 amide bonds. The van der Waals surface area contributed by atoms with Crippen LogP contribution in [0.4, 0.5) is 14.5 Å². The summed E-state index contributed by atoms with van der Waals surface area (Å²) < 4.78 is 26.3. The highest BCUT2D eigenvalue weighted by molar-refractivity contribution is 6.10. The second kappa shape index (κ2) is 8.20. The molecule has 2 aromatic carbocycles. The summed E-state index contributed by atoms with van der Waals surface area (Å²) in [6.07, 6.45) is 2.70. The number of hydrogen-bond donors (Lipinski definition) is 1. The minimum Gasteiger partial charge on any atom is -0.321 e. The number of carbonyl (C=O) groups is 1. The minimum atomic E-state index is -1.03. The number of amides is 1. The summed E-state index contributed by atoms with van der Waals surface area (Å²) in [7, 11) is 0. The first-order valence-corrected chi connectivity index (χ1v) is 7.99. The van der Waals surface area contributed by atoms with Gasteiger partial charge in [0.1, 0.15) is 11.6 Å². The Kier molecular flexibility index (Phi) is 6.02. The molecule has 0 aliphatic heterocycles. The molecule has 128 valence electrons. The molecule has 0 aliphatic rings. The zero-order chi connectivity index (χ0) is 18.4. The molecule has 0 fully saturated rings. The van der Waals surface area contributed by atoms with Crippen molar-refractivity contribution < 1.29 is 13.6 Å². The van der Waals surface area contributed by atoms with Gasteiger partial charge in [-0.3, -0.25) is 4.79 Å². The van der Waals surface area contributed by atoms with Crippen molar-refractivity contribution in [3.8, 4) is 6.07 Å². The number of nitrogens with one attached hydrogen (secondary N) is 1. The van der Waals surface area contributed by atoms with Crippen molar-refractivity contribution in [3.05, 3.63) is 70.3 Å². The Morgan fingerprint density at radius 1 is 1.12 bits per heavy atom. The van der Waals surface area contributed by atoms with E-state index in [0.717, 1.165) is 36.1 Å². The highest BCUT2D eigenvalue weighted by Gasteiger charge is 2.14. The van der Waals surface area contributed by atoms with Crippen LogP contribution in [0.3, 0.4) is 0 Å². The van der Waals surface area contributed by atoms with Crippen molar-refractivity contribution in [2.75, 3.05) is 5.32 Å². The van der Waals surface area contributed by atoms with Crippen molar-refractivity contribution in [1.82, 2.24) is 0 Å². The van der Waals surface area contributed by atoms with E-state index in [1.807, 2.05) is 38.1 Å². The molecule has 0 heterocycles. The van der Waals surface area contributed by atoms with E-state index >= 15 is 0 Å². The lowest BCUT2D eigenvalue weighted by molar-refractivity contribution is -0.112. The van der Waals surface area contributed by atoms with Gasteiger partial charge in [0.05, 0.1) is 0 Å². The van der Waals surface area contributed by atoms with Crippen LogP contribution in [0.2, 0.25) is 0 Å². The van der Waals surface area contributed by atoms with Gasteiger partial charge in [-0.25, -0.2) is 8.78 Å². The maximum Gasteiger partial charge on any atom is 0.266 e. The molecule has 3 nitrogen and oxygen atoms in total. The van der Waals surface area contributed by atoms with Crippen molar-refractivity contribution in [2.45, 2.75) is 26.7 Å². The van der Waals surface area contributed by atoms with Gasteiger partial charge in [0.15, 0.2) is 11.6 Å². The molecular formula is C20H18F2N2O. The van der Waals surface area contributed by atoms with Gasteiger partial charge in [-0.2, -0.15) is 5.26 Å². The average Bonchev–Trinajstić information content (AvgIpc) is 2.62. The van der Waals surface area contributed by atoms with E-state index in [1.165, 1.54) is 12.1 Å². The van der Waals surface area contributed by atoms with Crippen molar-refractivity contribution >= 4 is 17.7 Å². The third-order valence-corrected chi connectivity index (χ3v) is 3.86. The van der Waals surface area contributed by atoms with Crippen LogP contribution in [-0.4, -0.2) is 5.91 Å². The smallest absolute Gasteiger partial charge is 0.266 e. The standard InChI is InChI=1S/C20H18F2N2O/c1-3-14-6-5-7-15(4-2)19(14)24-20(25)16(12-23)10-13-8-9-17(21)18(22)11-13/h5-11H,3-4H2,1-2H3,(H,24,25)/b16-10+. The summed E-state index contributed by atoms with van der Waals surface area (Å²) in [5.74, 6) is -2.59. The Hall–Kier alpha value is -3.00. The Labute approximate surface area is 145 Å². The zero-order valence-corrected chi connectivity index (χ0v) is 14.1. The molecule has 0 saturated heterocycles. The summed E-state index contributed by atoms with van der Waals surface area (Å²) >= 11 is 0. The highest BCUT2D eigenvalue weighted by Crippen LogP contribution is 2.23. The molecular weight excluding hydrogens is 322 g/mol. The van der Waals surface area contributed by atoms with Gasteiger partial charge >= 0.3 is 0 Å². The van der Waals surface area contributed by atoms with E-state index in [9.17, 15) is 18.8 Å². The molecule has 0 unspecified atom stereocenters. The van der Waals surface area contributed by atoms with E-state index in [0.29, 0.717) is 5.69 Å². The molecule has 0 aromatic heterocycles. The van der Waals surface area contributed by atoms with Crippen LogP contribution in [0.5, 0.6) is 0 Å². The maximum atomic E-state index is 13.3. The Bertz CT molecular complexity index is 844. The number of aryl methyl sites for hydroxylation is 2. The number of halogens is 2. The third kappa shape index (κ3) is 4.30. The Morgan fingerprint density at radius 2 is 1.76 bits per heavy atom. The topological polar surface area (TPSA) is 52.9 Å². The fourth-order valence-electron chi connectivity index (χ4n) is 2.50. The molecule has 2 aromatic rings. The quantitative estimate of drug-likeness (QED) is 0.637. The van der Waals surface area contributed by atoms with E-state index in [-0.39, 0.29) is 11.1 Å². The fraction of sp³-hybridized carbons (Fsp3) is 0.200. The van der Waals surface area contributed by atoms with E-state index in [2.05, 4.69) is 5.32 Å². The van der Waals surface area contributed by atoms with Gasteiger partial charge in [-0.05, 0) is 47.7 Å². The first kappa shape index (κ1) is 18.3. The molecule has 5 heteroatoms. The van der Waals surface area contributed by atoms with Crippen LogP contribution in [0.15, 0.2) is 42.0 Å². The highest BCUT2D eigenvalue weighted by atomic mass is 19.2. The van der Waals surface area contributed by atoms with Gasteiger partial charge < -0.3 is 5.32 Å². The van der Waals surface area contributed by atoms with Gasteiger partial charge in [0.25, 0.3) is 5.91 Å². The number of rotatable bonds is 5. The summed E-state index contributed by atoms with van der Waals surface area (Å²) in [4.78, 5) is 12.5. The molecule has 0 spiro atoms. The fourth-order valence-corrected chi connectivity index (χ4v) is 2.50. The van der Waals surface area contributed by atoms with E-state index in [4.69, 9.17) is 0 Å². The monoisotopic (exact) mass is 340 g/mol. The summed E-state index contributed by atoms with van der Waals surface area (Å²) in [5, 5.41) is 12.0.